The van der Waals surface area contributed by atoms with E-state index in [-0.39, 0.29) is 28.2 Å². The van der Waals surface area contributed by atoms with Gasteiger partial charge in [-0.15, -0.1) is 11.8 Å². The fraction of sp³-hybridized carbons (Fsp3) is 0.333. The van der Waals surface area contributed by atoms with Crippen molar-refractivity contribution in [1.82, 2.24) is 0 Å². The number of carbonyl (C=O) groups is 1. The van der Waals surface area contributed by atoms with Gasteiger partial charge in [-0.2, -0.15) is 0 Å². The smallest absolute Gasteiger partial charge is 0.237 e. The van der Waals surface area contributed by atoms with Gasteiger partial charge in [-0.1, -0.05) is 11.2 Å². The predicted octanol–water partition coefficient (Wildman–Crippen LogP) is 1.75. The molecule has 2 rings (SSSR count). The second-order valence-electron chi connectivity index (χ2n) is 4.14. The molecule has 0 bridgehead atoms. The van der Waals surface area contributed by atoms with Gasteiger partial charge in [-0.25, -0.2) is 4.39 Å². The highest BCUT2D eigenvalue weighted by molar-refractivity contribution is 8.00. The summed E-state index contributed by atoms with van der Waals surface area (Å²) in [7, 11) is 0. The summed E-state index contributed by atoms with van der Waals surface area (Å²) in [6.45, 7) is 0. The number of nitrogens with one attached hydrogen (secondary N) is 1. The van der Waals surface area contributed by atoms with Crippen molar-refractivity contribution in [2.75, 3.05) is 11.1 Å². The van der Waals surface area contributed by atoms with Crippen LogP contribution in [0.25, 0.3) is 0 Å². The zero-order chi connectivity index (χ0) is 13.8. The SMILES string of the molecule is NC(=NO)c1c(F)cccc1NC(=O)C1CCCS1. The highest BCUT2D eigenvalue weighted by Crippen LogP contribution is 2.28. The van der Waals surface area contributed by atoms with Gasteiger partial charge in [0, 0.05) is 0 Å². The number of amides is 1. The maximum absolute atomic E-state index is 13.7. The molecule has 19 heavy (non-hydrogen) atoms. The van der Waals surface area contributed by atoms with E-state index in [4.69, 9.17) is 10.9 Å². The first-order chi connectivity index (χ1) is 9.13. The fourth-order valence-electron chi connectivity index (χ4n) is 1.94. The summed E-state index contributed by atoms with van der Waals surface area (Å²) in [6.07, 6.45) is 1.81. The van der Waals surface area contributed by atoms with E-state index in [1.165, 1.54) is 18.2 Å². The molecule has 1 amide bonds. The first kappa shape index (κ1) is 13.7. The summed E-state index contributed by atoms with van der Waals surface area (Å²) in [6, 6.07) is 4.17. The molecule has 1 aromatic carbocycles. The molecule has 1 fully saturated rings. The van der Waals surface area contributed by atoms with Gasteiger partial charge in [0.05, 0.1) is 16.5 Å². The summed E-state index contributed by atoms with van der Waals surface area (Å²) in [5.74, 6) is -0.242. The largest absolute Gasteiger partial charge is 0.409 e. The van der Waals surface area contributed by atoms with Crippen LogP contribution >= 0.6 is 11.8 Å². The Labute approximate surface area is 114 Å². The van der Waals surface area contributed by atoms with Crippen LogP contribution in [0.3, 0.4) is 0 Å². The molecule has 5 nitrogen and oxygen atoms in total. The Bertz CT molecular complexity index is 516. The van der Waals surface area contributed by atoms with Gasteiger partial charge in [-0.3, -0.25) is 4.79 Å². The van der Waals surface area contributed by atoms with Crippen LogP contribution in [0.1, 0.15) is 18.4 Å². The molecule has 0 saturated carbocycles. The van der Waals surface area contributed by atoms with E-state index in [1.807, 2.05) is 0 Å². The van der Waals surface area contributed by atoms with Crippen LogP contribution in [0.4, 0.5) is 10.1 Å². The average molecular weight is 283 g/mol. The lowest BCUT2D eigenvalue weighted by Crippen LogP contribution is -2.26. The molecule has 0 radical (unpaired) electrons. The fourth-order valence-corrected chi connectivity index (χ4v) is 3.10. The van der Waals surface area contributed by atoms with Crippen molar-refractivity contribution < 1.29 is 14.4 Å². The number of nitrogens with zero attached hydrogens (tertiary/aromatic N) is 1. The van der Waals surface area contributed by atoms with Crippen molar-refractivity contribution in [1.29, 1.82) is 0 Å². The number of amidine groups is 1. The summed E-state index contributed by atoms with van der Waals surface area (Å²) in [5, 5.41) is 14.0. The van der Waals surface area contributed by atoms with Crippen molar-refractivity contribution in [3.05, 3.63) is 29.6 Å². The maximum Gasteiger partial charge on any atom is 0.237 e. The van der Waals surface area contributed by atoms with E-state index in [0.717, 1.165) is 18.6 Å². The highest BCUT2D eigenvalue weighted by atomic mass is 32.2. The molecule has 1 heterocycles. The van der Waals surface area contributed by atoms with Gasteiger partial charge in [0.1, 0.15) is 5.82 Å². The Hall–Kier alpha value is -1.76. The molecule has 1 aliphatic rings. The third-order valence-electron chi connectivity index (χ3n) is 2.86. The molecule has 4 N–H and O–H groups in total. The molecule has 0 aromatic heterocycles. The minimum Gasteiger partial charge on any atom is -0.409 e. The van der Waals surface area contributed by atoms with Gasteiger partial charge in [0.2, 0.25) is 5.91 Å². The molecule has 1 atom stereocenters. The monoisotopic (exact) mass is 283 g/mol. The van der Waals surface area contributed by atoms with Crippen LogP contribution in [0.2, 0.25) is 0 Å². The quantitative estimate of drug-likeness (QED) is 0.341. The molecule has 1 aliphatic heterocycles. The Balaban J connectivity index is 2.24. The van der Waals surface area contributed by atoms with E-state index in [1.54, 1.807) is 11.8 Å². The molecule has 0 spiro atoms. The van der Waals surface area contributed by atoms with Crippen molar-refractivity contribution in [2.24, 2.45) is 10.9 Å². The van der Waals surface area contributed by atoms with Gasteiger partial charge < -0.3 is 16.3 Å². The molecule has 1 saturated heterocycles. The predicted molar refractivity (Wildman–Crippen MR) is 73.0 cm³/mol. The van der Waals surface area contributed by atoms with Gasteiger partial charge in [-0.05, 0) is 30.7 Å². The van der Waals surface area contributed by atoms with Crippen molar-refractivity contribution >= 4 is 29.2 Å². The Morgan fingerprint density at radius 2 is 2.37 bits per heavy atom. The zero-order valence-electron chi connectivity index (χ0n) is 10.1. The minimum absolute atomic E-state index is 0.0960. The summed E-state index contributed by atoms with van der Waals surface area (Å²) >= 11 is 1.58. The number of carbonyl (C=O) groups excluding carboxylic acids is 1. The molecular weight excluding hydrogens is 269 g/mol. The Kier molecular flexibility index (Phi) is 4.26. The van der Waals surface area contributed by atoms with E-state index in [9.17, 15) is 9.18 Å². The number of thioether (sulfide) groups is 1. The third kappa shape index (κ3) is 2.98. The normalized spacial score (nSPS) is 19.4. The van der Waals surface area contributed by atoms with Crippen molar-refractivity contribution in [3.63, 3.8) is 0 Å². The van der Waals surface area contributed by atoms with Gasteiger partial charge >= 0.3 is 0 Å². The number of oxime groups is 1. The minimum atomic E-state index is -0.646. The van der Waals surface area contributed by atoms with Gasteiger partial charge in [0.25, 0.3) is 0 Å². The Morgan fingerprint density at radius 1 is 1.58 bits per heavy atom. The topological polar surface area (TPSA) is 87.7 Å². The maximum atomic E-state index is 13.7. The lowest BCUT2D eigenvalue weighted by atomic mass is 10.1. The number of halogens is 1. The summed E-state index contributed by atoms with van der Waals surface area (Å²) < 4.78 is 13.7. The highest BCUT2D eigenvalue weighted by Gasteiger charge is 2.24. The molecular formula is C12H14FN3O2S. The number of benzene rings is 1. The number of rotatable bonds is 3. The van der Waals surface area contributed by atoms with Crippen LogP contribution in [0.15, 0.2) is 23.4 Å². The van der Waals surface area contributed by atoms with Crippen molar-refractivity contribution in [3.8, 4) is 0 Å². The molecule has 1 unspecified atom stereocenters. The van der Waals surface area contributed by atoms with Gasteiger partial charge in [0.15, 0.2) is 5.84 Å². The Morgan fingerprint density at radius 3 is 3.00 bits per heavy atom. The van der Waals surface area contributed by atoms with Crippen LogP contribution in [-0.2, 0) is 4.79 Å². The van der Waals surface area contributed by atoms with Crippen LogP contribution in [-0.4, -0.2) is 28.0 Å². The lowest BCUT2D eigenvalue weighted by molar-refractivity contribution is -0.115. The first-order valence-corrected chi connectivity index (χ1v) is 6.87. The van der Waals surface area contributed by atoms with E-state index < -0.39 is 5.82 Å². The molecule has 102 valence electrons. The zero-order valence-corrected chi connectivity index (χ0v) is 10.9. The number of anilines is 1. The average Bonchev–Trinajstić information content (AvgIpc) is 2.92. The van der Waals surface area contributed by atoms with Crippen LogP contribution in [0, 0.1) is 5.82 Å². The summed E-state index contributed by atoms with van der Waals surface area (Å²) in [4.78, 5) is 12.0. The standard InChI is InChI=1S/C12H14FN3O2S/c13-7-3-1-4-8(10(7)11(14)16-18)15-12(17)9-5-2-6-19-9/h1,3-4,9,18H,2,5-6H2,(H2,14,16)(H,15,17). The van der Waals surface area contributed by atoms with Crippen molar-refractivity contribution in [2.45, 2.75) is 18.1 Å². The lowest BCUT2D eigenvalue weighted by Gasteiger charge is -2.13. The van der Waals surface area contributed by atoms with E-state index in [0.29, 0.717) is 0 Å². The third-order valence-corrected chi connectivity index (χ3v) is 4.23. The molecule has 1 aromatic rings. The van der Waals surface area contributed by atoms with Crippen LogP contribution < -0.4 is 11.1 Å². The molecule has 7 heteroatoms. The number of hydrogen-bond donors (Lipinski definition) is 3. The van der Waals surface area contributed by atoms with E-state index in [2.05, 4.69) is 10.5 Å². The second kappa shape index (κ2) is 5.92. The second-order valence-corrected chi connectivity index (χ2v) is 5.45. The first-order valence-electron chi connectivity index (χ1n) is 5.82. The van der Waals surface area contributed by atoms with Crippen LogP contribution in [0.5, 0.6) is 0 Å². The number of hydrogen-bond acceptors (Lipinski definition) is 4. The molecule has 0 aliphatic carbocycles. The number of nitrogens with two attached hydrogens (primary N) is 1. The summed E-state index contributed by atoms with van der Waals surface area (Å²) in [5.41, 5.74) is 5.55. The van der Waals surface area contributed by atoms with E-state index >= 15 is 0 Å².